The van der Waals surface area contributed by atoms with Crippen LogP contribution in [0.15, 0.2) is 47.4 Å². The second kappa shape index (κ2) is 8.16. The van der Waals surface area contributed by atoms with Crippen LogP contribution in [0.5, 0.6) is 0 Å². The fourth-order valence-corrected chi connectivity index (χ4v) is 2.66. The zero-order chi connectivity index (χ0) is 15.8. The Labute approximate surface area is 134 Å². The number of hydrogen-bond acceptors (Lipinski definition) is 3. The standard InChI is InChI=1S/C18H18N2OS/c1-2-3-5-14-7-9-16(10-8-14)20-18(21)15(13-19)12-17-6-4-11-22-17/h4,6-12H,2-3,5H2,1H3,(H,20,21). The third-order valence-corrected chi connectivity index (χ3v) is 4.04. The molecule has 0 unspecified atom stereocenters. The molecule has 22 heavy (non-hydrogen) atoms. The van der Waals surface area contributed by atoms with Gasteiger partial charge in [0.25, 0.3) is 5.91 Å². The average Bonchev–Trinajstić information content (AvgIpc) is 3.05. The van der Waals surface area contributed by atoms with Crippen molar-refractivity contribution in [3.8, 4) is 6.07 Å². The molecule has 4 heteroatoms. The first-order chi connectivity index (χ1) is 10.7. The molecule has 0 saturated heterocycles. The van der Waals surface area contributed by atoms with Crippen LogP contribution >= 0.6 is 11.3 Å². The zero-order valence-corrected chi connectivity index (χ0v) is 13.3. The Bertz CT molecular complexity index is 679. The van der Waals surface area contributed by atoms with Crippen LogP contribution < -0.4 is 5.32 Å². The number of rotatable bonds is 6. The van der Waals surface area contributed by atoms with Gasteiger partial charge in [0.15, 0.2) is 0 Å². The van der Waals surface area contributed by atoms with E-state index in [1.165, 1.54) is 16.9 Å². The summed E-state index contributed by atoms with van der Waals surface area (Å²) in [5.74, 6) is -0.378. The summed E-state index contributed by atoms with van der Waals surface area (Å²) in [5.41, 5.74) is 2.07. The van der Waals surface area contributed by atoms with E-state index in [1.807, 2.05) is 47.8 Å². The van der Waals surface area contributed by atoms with Crippen LogP contribution in [-0.4, -0.2) is 5.91 Å². The molecule has 2 rings (SSSR count). The number of aryl methyl sites for hydroxylation is 1. The lowest BCUT2D eigenvalue weighted by Crippen LogP contribution is -2.13. The highest BCUT2D eigenvalue weighted by molar-refractivity contribution is 7.10. The molecule has 3 nitrogen and oxygen atoms in total. The van der Waals surface area contributed by atoms with Gasteiger partial charge in [-0.05, 0) is 48.1 Å². The minimum absolute atomic E-state index is 0.109. The summed E-state index contributed by atoms with van der Waals surface area (Å²) in [6.45, 7) is 2.16. The summed E-state index contributed by atoms with van der Waals surface area (Å²) in [4.78, 5) is 13.0. The van der Waals surface area contributed by atoms with E-state index >= 15 is 0 Å². The fourth-order valence-electron chi connectivity index (χ4n) is 2.00. The van der Waals surface area contributed by atoms with Crippen molar-refractivity contribution >= 4 is 29.0 Å². The Morgan fingerprint density at radius 1 is 1.32 bits per heavy atom. The van der Waals surface area contributed by atoms with Gasteiger partial charge in [-0.1, -0.05) is 31.5 Å². The van der Waals surface area contributed by atoms with Crippen LogP contribution in [0.3, 0.4) is 0 Å². The van der Waals surface area contributed by atoms with Gasteiger partial charge in [0.1, 0.15) is 11.6 Å². The molecule has 0 bridgehead atoms. The quantitative estimate of drug-likeness (QED) is 0.624. The molecule has 1 aromatic carbocycles. The molecule has 0 atom stereocenters. The molecule has 112 valence electrons. The SMILES string of the molecule is CCCCc1ccc(NC(=O)C(C#N)=Cc2cccs2)cc1. The van der Waals surface area contributed by atoms with Crippen molar-refractivity contribution in [2.24, 2.45) is 0 Å². The number of nitrogens with zero attached hydrogens (tertiary/aromatic N) is 1. The van der Waals surface area contributed by atoms with Crippen LogP contribution in [-0.2, 0) is 11.2 Å². The van der Waals surface area contributed by atoms with Gasteiger partial charge in [0, 0.05) is 10.6 Å². The van der Waals surface area contributed by atoms with E-state index in [-0.39, 0.29) is 11.5 Å². The second-order valence-electron chi connectivity index (χ2n) is 4.94. The molecule has 0 radical (unpaired) electrons. The molecular formula is C18H18N2OS. The number of anilines is 1. The van der Waals surface area contributed by atoms with Crippen LogP contribution in [0, 0.1) is 11.3 Å². The van der Waals surface area contributed by atoms with Gasteiger partial charge < -0.3 is 5.32 Å². The number of nitrogens with one attached hydrogen (secondary N) is 1. The van der Waals surface area contributed by atoms with Crippen LogP contribution in [0.4, 0.5) is 5.69 Å². The molecular weight excluding hydrogens is 292 g/mol. The van der Waals surface area contributed by atoms with Crippen LogP contribution in [0.2, 0.25) is 0 Å². The summed E-state index contributed by atoms with van der Waals surface area (Å²) in [7, 11) is 0. The number of benzene rings is 1. The highest BCUT2D eigenvalue weighted by Gasteiger charge is 2.09. The maximum Gasteiger partial charge on any atom is 0.266 e. The fraction of sp³-hybridized carbons (Fsp3) is 0.222. The molecule has 0 aliphatic rings. The highest BCUT2D eigenvalue weighted by atomic mass is 32.1. The third-order valence-electron chi connectivity index (χ3n) is 3.23. The molecule has 0 aliphatic carbocycles. The van der Waals surface area contributed by atoms with Crippen molar-refractivity contribution in [3.05, 3.63) is 57.8 Å². The van der Waals surface area contributed by atoms with E-state index in [9.17, 15) is 4.79 Å². The summed E-state index contributed by atoms with van der Waals surface area (Å²) in [6, 6.07) is 13.5. The Hall–Kier alpha value is -2.38. The first-order valence-electron chi connectivity index (χ1n) is 7.28. The Morgan fingerprint density at radius 2 is 2.09 bits per heavy atom. The second-order valence-corrected chi connectivity index (χ2v) is 5.92. The van der Waals surface area contributed by atoms with Gasteiger partial charge in [-0.15, -0.1) is 11.3 Å². The lowest BCUT2D eigenvalue weighted by Gasteiger charge is -2.06. The predicted molar refractivity (Wildman–Crippen MR) is 91.6 cm³/mol. The molecule has 0 fully saturated rings. The largest absolute Gasteiger partial charge is 0.321 e. The maximum atomic E-state index is 12.1. The van der Waals surface area contributed by atoms with E-state index in [0.29, 0.717) is 5.69 Å². The van der Waals surface area contributed by atoms with E-state index in [1.54, 1.807) is 6.08 Å². The van der Waals surface area contributed by atoms with E-state index in [4.69, 9.17) is 5.26 Å². The summed E-state index contributed by atoms with van der Waals surface area (Å²) >= 11 is 1.49. The minimum atomic E-state index is -0.378. The smallest absolute Gasteiger partial charge is 0.266 e. The molecule has 0 aliphatic heterocycles. The van der Waals surface area contributed by atoms with E-state index < -0.39 is 0 Å². The monoisotopic (exact) mass is 310 g/mol. The summed E-state index contributed by atoms with van der Waals surface area (Å²) in [6.07, 6.45) is 4.98. The Balaban J connectivity index is 2.03. The molecule has 0 spiro atoms. The van der Waals surface area contributed by atoms with Crippen molar-refractivity contribution in [1.29, 1.82) is 5.26 Å². The summed E-state index contributed by atoms with van der Waals surface area (Å²) < 4.78 is 0. The van der Waals surface area contributed by atoms with Gasteiger partial charge in [-0.3, -0.25) is 4.79 Å². The zero-order valence-electron chi connectivity index (χ0n) is 12.5. The summed E-state index contributed by atoms with van der Waals surface area (Å²) in [5, 5.41) is 13.8. The van der Waals surface area contributed by atoms with Crippen molar-refractivity contribution in [2.45, 2.75) is 26.2 Å². The molecule has 1 N–H and O–H groups in total. The number of thiophene rings is 1. The van der Waals surface area contributed by atoms with Gasteiger partial charge in [0.05, 0.1) is 0 Å². The number of hydrogen-bond donors (Lipinski definition) is 1. The van der Waals surface area contributed by atoms with Crippen LogP contribution in [0.25, 0.3) is 6.08 Å². The van der Waals surface area contributed by atoms with Gasteiger partial charge >= 0.3 is 0 Å². The molecule has 2 aromatic rings. The first kappa shape index (κ1) is 16.0. The van der Waals surface area contributed by atoms with Crippen molar-refractivity contribution < 1.29 is 4.79 Å². The van der Waals surface area contributed by atoms with Gasteiger partial charge in [-0.25, -0.2) is 0 Å². The van der Waals surface area contributed by atoms with E-state index in [0.717, 1.165) is 24.1 Å². The van der Waals surface area contributed by atoms with Crippen molar-refractivity contribution in [3.63, 3.8) is 0 Å². The molecule has 0 saturated carbocycles. The molecule has 1 heterocycles. The topological polar surface area (TPSA) is 52.9 Å². The lowest BCUT2D eigenvalue weighted by molar-refractivity contribution is -0.112. The number of amides is 1. The van der Waals surface area contributed by atoms with E-state index in [2.05, 4.69) is 12.2 Å². The lowest BCUT2D eigenvalue weighted by atomic mass is 10.1. The van der Waals surface area contributed by atoms with Crippen molar-refractivity contribution in [2.75, 3.05) is 5.32 Å². The normalized spacial score (nSPS) is 11.0. The highest BCUT2D eigenvalue weighted by Crippen LogP contribution is 2.16. The third kappa shape index (κ3) is 4.57. The minimum Gasteiger partial charge on any atom is -0.321 e. The van der Waals surface area contributed by atoms with Gasteiger partial charge in [-0.2, -0.15) is 5.26 Å². The number of unbranched alkanes of at least 4 members (excludes halogenated alkanes) is 1. The molecule has 1 aromatic heterocycles. The maximum absolute atomic E-state index is 12.1. The molecule has 1 amide bonds. The van der Waals surface area contributed by atoms with Crippen molar-refractivity contribution in [1.82, 2.24) is 0 Å². The van der Waals surface area contributed by atoms with Crippen LogP contribution in [0.1, 0.15) is 30.2 Å². The average molecular weight is 310 g/mol. The number of nitriles is 1. The number of carbonyl (C=O) groups excluding carboxylic acids is 1. The Morgan fingerprint density at radius 3 is 2.68 bits per heavy atom. The first-order valence-corrected chi connectivity index (χ1v) is 8.16. The number of carbonyl (C=O) groups is 1. The Kier molecular flexibility index (Phi) is 5.93. The van der Waals surface area contributed by atoms with Gasteiger partial charge in [0.2, 0.25) is 0 Å². The predicted octanol–water partition coefficient (Wildman–Crippen LogP) is 4.64.